The van der Waals surface area contributed by atoms with Crippen molar-refractivity contribution in [2.24, 2.45) is 0 Å². The molecule has 19 heavy (non-hydrogen) atoms. The van der Waals surface area contributed by atoms with E-state index in [1.54, 1.807) is 18.0 Å². The first-order chi connectivity index (χ1) is 9.25. The Morgan fingerprint density at radius 3 is 2.63 bits per heavy atom. The molecule has 2 nitrogen and oxygen atoms in total. The molecule has 1 aromatic heterocycles. The number of halogens is 1. The van der Waals surface area contributed by atoms with Crippen LogP contribution < -0.4 is 0 Å². The Morgan fingerprint density at radius 1 is 1.16 bits per heavy atom. The predicted molar refractivity (Wildman–Crippen MR) is 80.0 cm³/mol. The van der Waals surface area contributed by atoms with Crippen molar-refractivity contribution in [3.05, 3.63) is 59.2 Å². The summed E-state index contributed by atoms with van der Waals surface area (Å²) in [5, 5.41) is 1.58. The Balaban J connectivity index is 1.72. The molecule has 0 aliphatic carbocycles. The van der Waals surface area contributed by atoms with Crippen LogP contribution in [0.1, 0.15) is 23.2 Å². The van der Waals surface area contributed by atoms with Crippen molar-refractivity contribution in [3.63, 3.8) is 0 Å². The first-order valence-corrected chi connectivity index (χ1v) is 7.44. The number of hydrogen-bond donors (Lipinski definition) is 0. The zero-order valence-electron chi connectivity index (χ0n) is 10.4. The SMILES string of the molecule is O=C(CCCSc1ccc(Cl)cn1)c1ccccc1. The minimum atomic E-state index is 0.199. The third-order valence-corrected chi connectivity index (χ3v) is 3.85. The second kappa shape index (κ2) is 7.31. The fourth-order valence-corrected chi connectivity index (χ4v) is 2.53. The van der Waals surface area contributed by atoms with E-state index in [1.807, 2.05) is 42.5 Å². The minimum absolute atomic E-state index is 0.199. The maximum absolute atomic E-state index is 11.9. The maximum atomic E-state index is 11.9. The molecule has 1 heterocycles. The fourth-order valence-electron chi connectivity index (χ4n) is 1.63. The van der Waals surface area contributed by atoms with Crippen LogP contribution in [0.5, 0.6) is 0 Å². The Labute approximate surface area is 122 Å². The minimum Gasteiger partial charge on any atom is -0.294 e. The van der Waals surface area contributed by atoms with Gasteiger partial charge >= 0.3 is 0 Å². The van der Waals surface area contributed by atoms with Crippen molar-refractivity contribution in [1.29, 1.82) is 0 Å². The van der Waals surface area contributed by atoms with Crippen LogP contribution in [0.25, 0.3) is 0 Å². The quantitative estimate of drug-likeness (QED) is 0.446. The molecule has 0 spiro atoms. The van der Waals surface area contributed by atoms with Crippen LogP contribution in [0.2, 0.25) is 5.02 Å². The Bertz CT molecular complexity index is 528. The molecule has 0 amide bonds. The van der Waals surface area contributed by atoms with Gasteiger partial charge in [0.05, 0.1) is 10.0 Å². The Kier molecular flexibility index (Phi) is 5.43. The number of carbonyl (C=O) groups is 1. The first kappa shape index (κ1) is 14.1. The van der Waals surface area contributed by atoms with Crippen LogP contribution in [0.3, 0.4) is 0 Å². The van der Waals surface area contributed by atoms with Crippen molar-refractivity contribution >= 4 is 29.1 Å². The molecule has 2 rings (SSSR count). The normalized spacial score (nSPS) is 10.4. The monoisotopic (exact) mass is 291 g/mol. The number of benzene rings is 1. The number of Topliss-reactive ketones (excluding diaryl/α,β-unsaturated/α-hetero) is 1. The zero-order chi connectivity index (χ0) is 13.5. The molecule has 98 valence electrons. The number of ketones is 1. The van der Waals surface area contributed by atoms with Gasteiger partial charge in [0.1, 0.15) is 0 Å². The molecule has 0 unspecified atom stereocenters. The van der Waals surface area contributed by atoms with Gasteiger partial charge in [-0.05, 0) is 24.3 Å². The summed E-state index contributed by atoms with van der Waals surface area (Å²) in [4.78, 5) is 16.1. The molecule has 1 aromatic carbocycles. The van der Waals surface area contributed by atoms with E-state index in [-0.39, 0.29) is 5.78 Å². The second-order valence-electron chi connectivity index (χ2n) is 4.06. The van der Waals surface area contributed by atoms with Crippen LogP contribution in [0, 0.1) is 0 Å². The Morgan fingerprint density at radius 2 is 1.95 bits per heavy atom. The first-order valence-electron chi connectivity index (χ1n) is 6.08. The van der Waals surface area contributed by atoms with Gasteiger partial charge < -0.3 is 0 Å². The van der Waals surface area contributed by atoms with E-state index in [2.05, 4.69) is 4.98 Å². The average Bonchev–Trinajstić information content (AvgIpc) is 2.46. The van der Waals surface area contributed by atoms with Crippen molar-refractivity contribution in [2.75, 3.05) is 5.75 Å². The summed E-state index contributed by atoms with van der Waals surface area (Å²) in [6.45, 7) is 0. The highest BCUT2D eigenvalue weighted by atomic mass is 35.5. The van der Waals surface area contributed by atoms with Gasteiger partial charge in [0.15, 0.2) is 5.78 Å². The molecular weight excluding hydrogens is 278 g/mol. The van der Waals surface area contributed by atoms with Crippen LogP contribution >= 0.6 is 23.4 Å². The third kappa shape index (κ3) is 4.69. The molecule has 0 N–H and O–H groups in total. The van der Waals surface area contributed by atoms with E-state index in [0.29, 0.717) is 11.4 Å². The van der Waals surface area contributed by atoms with Crippen molar-refractivity contribution in [3.8, 4) is 0 Å². The second-order valence-corrected chi connectivity index (χ2v) is 5.61. The van der Waals surface area contributed by atoms with E-state index in [4.69, 9.17) is 11.6 Å². The lowest BCUT2D eigenvalue weighted by Crippen LogP contribution is -1.99. The van der Waals surface area contributed by atoms with Crippen LogP contribution in [0.15, 0.2) is 53.7 Å². The lowest BCUT2D eigenvalue weighted by Gasteiger charge is -2.02. The third-order valence-electron chi connectivity index (χ3n) is 2.59. The summed E-state index contributed by atoms with van der Waals surface area (Å²) in [6, 6.07) is 13.1. The molecule has 4 heteroatoms. The molecule has 0 saturated carbocycles. The van der Waals surface area contributed by atoms with Gasteiger partial charge in [0, 0.05) is 18.2 Å². The number of hydrogen-bond acceptors (Lipinski definition) is 3. The molecule has 0 aliphatic rings. The molecule has 0 fully saturated rings. The number of nitrogens with zero attached hydrogens (tertiary/aromatic N) is 1. The van der Waals surface area contributed by atoms with E-state index < -0.39 is 0 Å². The Hall–Kier alpha value is -1.32. The summed E-state index contributed by atoms with van der Waals surface area (Å²) in [5.74, 6) is 1.08. The molecule has 0 aliphatic heterocycles. The fraction of sp³-hybridized carbons (Fsp3) is 0.200. The number of rotatable bonds is 6. The smallest absolute Gasteiger partial charge is 0.162 e. The lowest BCUT2D eigenvalue weighted by atomic mass is 10.1. The van der Waals surface area contributed by atoms with E-state index in [0.717, 1.165) is 22.8 Å². The lowest BCUT2D eigenvalue weighted by molar-refractivity contribution is 0.0982. The van der Waals surface area contributed by atoms with Gasteiger partial charge in [-0.2, -0.15) is 0 Å². The van der Waals surface area contributed by atoms with E-state index >= 15 is 0 Å². The van der Waals surface area contributed by atoms with Crippen LogP contribution in [-0.2, 0) is 0 Å². The van der Waals surface area contributed by atoms with Gasteiger partial charge in [0.2, 0.25) is 0 Å². The van der Waals surface area contributed by atoms with E-state index in [1.165, 1.54) is 0 Å². The van der Waals surface area contributed by atoms with Crippen molar-refractivity contribution in [1.82, 2.24) is 4.98 Å². The number of aromatic nitrogens is 1. The molecular formula is C15H14ClNOS. The van der Waals surface area contributed by atoms with Gasteiger partial charge in [-0.3, -0.25) is 4.79 Å². The predicted octanol–water partition coefficient (Wildman–Crippen LogP) is 4.49. The highest BCUT2D eigenvalue weighted by Crippen LogP contribution is 2.19. The topological polar surface area (TPSA) is 30.0 Å². The van der Waals surface area contributed by atoms with Gasteiger partial charge in [-0.15, -0.1) is 11.8 Å². The summed E-state index contributed by atoms with van der Waals surface area (Å²) in [6.07, 6.45) is 3.06. The molecule has 0 saturated heterocycles. The summed E-state index contributed by atoms with van der Waals surface area (Å²) in [5.41, 5.74) is 0.789. The van der Waals surface area contributed by atoms with Crippen molar-refractivity contribution < 1.29 is 4.79 Å². The summed E-state index contributed by atoms with van der Waals surface area (Å²) in [7, 11) is 0. The number of pyridine rings is 1. The van der Waals surface area contributed by atoms with E-state index in [9.17, 15) is 4.79 Å². The molecule has 0 atom stereocenters. The largest absolute Gasteiger partial charge is 0.294 e. The van der Waals surface area contributed by atoms with Crippen LogP contribution in [-0.4, -0.2) is 16.5 Å². The molecule has 0 bridgehead atoms. The summed E-state index contributed by atoms with van der Waals surface area (Å²) >= 11 is 7.41. The van der Waals surface area contributed by atoms with Gasteiger partial charge in [0.25, 0.3) is 0 Å². The number of carbonyl (C=O) groups excluding carboxylic acids is 1. The van der Waals surface area contributed by atoms with Gasteiger partial charge in [-0.1, -0.05) is 41.9 Å². The highest BCUT2D eigenvalue weighted by molar-refractivity contribution is 7.99. The molecule has 2 aromatic rings. The van der Waals surface area contributed by atoms with Crippen molar-refractivity contribution in [2.45, 2.75) is 17.9 Å². The number of thioether (sulfide) groups is 1. The summed E-state index contributed by atoms with van der Waals surface area (Å²) < 4.78 is 0. The standard InChI is InChI=1S/C15H14ClNOS/c16-13-8-9-15(17-11-13)19-10-4-7-14(18)12-5-2-1-3-6-12/h1-3,5-6,8-9,11H,4,7,10H2. The molecule has 0 radical (unpaired) electrons. The average molecular weight is 292 g/mol. The van der Waals surface area contributed by atoms with Gasteiger partial charge in [-0.25, -0.2) is 4.98 Å². The zero-order valence-corrected chi connectivity index (χ0v) is 12.0. The van der Waals surface area contributed by atoms with Crippen LogP contribution in [0.4, 0.5) is 0 Å². The maximum Gasteiger partial charge on any atom is 0.162 e. The highest BCUT2D eigenvalue weighted by Gasteiger charge is 2.04.